The van der Waals surface area contributed by atoms with Gasteiger partial charge in [-0.2, -0.15) is 5.10 Å². The fourth-order valence-electron chi connectivity index (χ4n) is 3.05. The lowest BCUT2D eigenvalue weighted by Crippen LogP contribution is -2.39. The van der Waals surface area contributed by atoms with Gasteiger partial charge >= 0.3 is 5.97 Å². The molecule has 0 unspecified atom stereocenters. The molecule has 1 saturated heterocycles. The highest BCUT2D eigenvalue weighted by Crippen LogP contribution is 2.26. The van der Waals surface area contributed by atoms with Crippen molar-refractivity contribution in [1.82, 2.24) is 19.7 Å². The number of carbonyl (C=O) groups excluding carboxylic acids is 1. The van der Waals surface area contributed by atoms with Crippen molar-refractivity contribution in [1.29, 1.82) is 0 Å². The van der Waals surface area contributed by atoms with E-state index in [4.69, 9.17) is 5.11 Å². The van der Waals surface area contributed by atoms with Crippen LogP contribution >= 0.6 is 0 Å². The number of aromatic nitrogens is 3. The molecular weight excluding hydrogens is 308 g/mol. The maximum Gasteiger partial charge on any atom is 0.325 e. The fraction of sp³-hybridized carbons (Fsp3) is 0.412. The summed E-state index contributed by atoms with van der Waals surface area (Å²) in [6.45, 7) is 3.01. The van der Waals surface area contributed by atoms with Gasteiger partial charge < -0.3 is 10.0 Å². The van der Waals surface area contributed by atoms with Crippen LogP contribution in [0.25, 0.3) is 0 Å². The zero-order valence-corrected chi connectivity index (χ0v) is 13.6. The number of carboxylic acids is 1. The van der Waals surface area contributed by atoms with E-state index in [1.54, 1.807) is 12.3 Å². The molecule has 1 N–H and O–H groups in total. The number of aryl methyl sites for hydroxylation is 1. The van der Waals surface area contributed by atoms with Gasteiger partial charge in [0.05, 0.1) is 5.69 Å². The van der Waals surface area contributed by atoms with Crippen LogP contribution in [0, 0.1) is 6.92 Å². The number of rotatable bonds is 4. The number of hydrogen-bond donors (Lipinski definition) is 1. The van der Waals surface area contributed by atoms with E-state index in [1.165, 1.54) is 4.68 Å². The molecule has 2 aromatic rings. The van der Waals surface area contributed by atoms with Crippen LogP contribution in [-0.2, 0) is 11.3 Å². The van der Waals surface area contributed by atoms with Crippen LogP contribution < -0.4 is 0 Å². The molecule has 7 nitrogen and oxygen atoms in total. The fourth-order valence-corrected chi connectivity index (χ4v) is 3.05. The Labute approximate surface area is 139 Å². The molecule has 0 radical (unpaired) electrons. The van der Waals surface area contributed by atoms with E-state index >= 15 is 0 Å². The first kappa shape index (κ1) is 16.2. The second-order valence-electron chi connectivity index (χ2n) is 6.09. The second kappa shape index (κ2) is 6.82. The van der Waals surface area contributed by atoms with E-state index in [0.717, 1.165) is 24.2 Å². The Morgan fingerprint density at radius 2 is 2.17 bits per heavy atom. The number of amides is 1. The maximum absolute atomic E-state index is 12.6. The summed E-state index contributed by atoms with van der Waals surface area (Å²) in [5, 5.41) is 13.2. The van der Waals surface area contributed by atoms with Crippen molar-refractivity contribution in [2.75, 3.05) is 13.1 Å². The second-order valence-corrected chi connectivity index (χ2v) is 6.09. The number of pyridine rings is 1. The lowest BCUT2D eigenvalue weighted by molar-refractivity contribution is -0.137. The van der Waals surface area contributed by atoms with Gasteiger partial charge in [-0.25, -0.2) is 4.98 Å². The molecule has 1 aliphatic heterocycles. The van der Waals surface area contributed by atoms with Gasteiger partial charge in [0, 0.05) is 30.9 Å². The molecule has 0 aliphatic carbocycles. The van der Waals surface area contributed by atoms with E-state index in [-0.39, 0.29) is 18.4 Å². The van der Waals surface area contributed by atoms with E-state index in [2.05, 4.69) is 10.1 Å². The zero-order valence-electron chi connectivity index (χ0n) is 13.6. The van der Waals surface area contributed by atoms with E-state index in [9.17, 15) is 9.59 Å². The summed E-state index contributed by atoms with van der Waals surface area (Å²) >= 11 is 0. The van der Waals surface area contributed by atoms with Crippen molar-refractivity contribution in [3.63, 3.8) is 0 Å². The maximum atomic E-state index is 12.6. The van der Waals surface area contributed by atoms with Crippen LogP contribution in [0.3, 0.4) is 0 Å². The summed E-state index contributed by atoms with van der Waals surface area (Å²) in [4.78, 5) is 29.5. The number of hydrogen-bond acceptors (Lipinski definition) is 4. The number of likely N-dealkylation sites (tertiary alicyclic amines) is 1. The van der Waals surface area contributed by atoms with E-state index in [0.29, 0.717) is 18.8 Å². The Kier molecular flexibility index (Phi) is 4.59. The predicted octanol–water partition coefficient (Wildman–Crippen LogP) is 1.69. The molecule has 2 aromatic heterocycles. The molecule has 1 amide bonds. The summed E-state index contributed by atoms with van der Waals surface area (Å²) in [5.41, 5.74) is 2.12. The van der Waals surface area contributed by atoms with E-state index in [1.807, 2.05) is 30.0 Å². The van der Waals surface area contributed by atoms with Gasteiger partial charge in [0.1, 0.15) is 12.2 Å². The zero-order chi connectivity index (χ0) is 17.1. The van der Waals surface area contributed by atoms with Crippen molar-refractivity contribution < 1.29 is 14.7 Å². The molecule has 0 spiro atoms. The van der Waals surface area contributed by atoms with Gasteiger partial charge in [-0.05, 0) is 38.0 Å². The van der Waals surface area contributed by atoms with Crippen molar-refractivity contribution >= 4 is 11.9 Å². The first-order valence-corrected chi connectivity index (χ1v) is 8.01. The van der Waals surface area contributed by atoms with Crippen molar-refractivity contribution in [2.45, 2.75) is 32.2 Å². The first-order chi connectivity index (χ1) is 11.5. The Morgan fingerprint density at radius 3 is 2.92 bits per heavy atom. The molecule has 0 bridgehead atoms. The molecule has 1 aliphatic rings. The minimum atomic E-state index is -0.921. The molecule has 1 fully saturated rings. The summed E-state index contributed by atoms with van der Waals surface area (Å²) < 4.78 is 1.42. The molecule has 24 heavy (non-hydrogen) atoms. The van der Waals surface area contributed by atoms with Gasteiger partial charge in [0.25, 0.3) is 5.91 Å². The standard InChI is InChI=1S/C17H20N4O3/c1-12-4-2-6-15(18-12)17(24)20-8-3-5-13(10-20)14-7-9-21(19-14)11-16(22)23/h2,4,6-7,9,13H,3,5,8,10-11H2,1H3,(H,22,23)/t13-/m1/s1. The highest BCUT2D eigenvalue weighted by atomic mass is 16.4. The SMILES string of the molecule is Cc1cccc(C(=O)N2CCC[C@@H](c3ccn(CC(=O)O)n3)C2)n1. The van der Waals surface area contributed by atoms with Crippen LogP contribution in [0.4, 0.5) is 0 Å². The minimum absolute atomic E-state index is 0.0617. The molecule has 3 rings (SSSR count). The van der Waals surface area contributed by atoms with Crippen molar-refractivity contribution in [3.8, 4) is 0 Å². The van der Waals surface area contributed by atoms with Gasteiger partial charge in [0.2, 0.25) is 0 Å². The lowest BCUT2D eigenvalue weighted by Gasteiger charge is -2.31. The molecule has 126 valence electrons. The summed E-state index contributed by atoms with van der Waals surface area (Å²) in [5.74, 6) is -0.855. The smallest absolute Gasteiger partial charge is 0.325 e. The average molecular weight is 328 g/mol. The van der Waals surface area contributed by atoms with Crippen LogP contribution in [0.5, 0.6) is 0 Å². The number of carboxylic acid groups (broad SMARTS) is 1. The third-order valence-electron chi connectivity index (χ3n) is 4.19. The number of carbonyl (C=O) groups is 2. The molecule has 0 aromatic carbocycles. The highest BCUT2D eigenvalue weighted by molar-refractivity contribution is 5.92. The Bertz CT molecular complexity index is 756. The van der Waals surface area contributed by atoms with Gasteiger partial charge in [-0.3, -0.25) is 14.3 Å². The van der Waals surface area contributed by atoms with Gasteiger partial charge in [0.15, 0.2) is 0 Å². The van der Waals surface area contributed by atoms with Crippen LogP contribution in [-0.4, -0.2) is 49.7 Å². The third kappa shape index (κ3) is 3.61. The van der Waals surface area contributed by atoms with Crippen LogP contribution in [0.1, 0.15) is 40.6 Å². The summed E-state index contributed by atoms with van der Waals surface area (Å²) in [7, 11) is 0. The first-order valence-electron chi connectivity index (χ1n) is 8.01. The molecule has 0 saturated carbocycles. The third-order valence-corrected chi connectivity index (χ3v) is 4.19. The topological polar surface area (TPSA) is 88.3 Å². The predicted molar refractivity (Wildman–Crippen MR) is 86.7 cm³/mol. The van der Waals surface area contributed by atoms with Crippen LogP contribution in [0.2, 0.25) is 0 Å². The van der Waals surface area contributed by atoms with Gasteiger partial charge in [-0.1, -0.05) is 6.07 Å². The quantitative estimate of drug-likeness (QED) is 0.922. The van der Waals surface area contributed by atoms with E-state index < -0.39 is 5.97 Å². The molecule has 1 atom stereocenters. The summed E-state index contributed by atoms with van der Waals surface area (Å²) in [6.07, 6.45) is 3.51. The monoisotopic (exact) mass is 328 g/mol. The molecule has 7 heteroatoms. The molecular formula is C17H20N4O3. The van der Waals surface area contributed by atoms with Gasteiger partial charge in [-0.15, -0.1) is 0 Å². The lowest BCUT2D eigenvalue weighted by atomic mass is 9.94. The minimum Gasteiger partial charge on any atom is -0.480 e. The number of piperidine rings is 1. The normalized spacial score (nSPS) is 17.7. The van der Waals surface area contributed by atoms with Crippen LogP contribution in [0.15, 0.2) is 30.5 Å². The summed E-state index contributed by atoms with van der Waals surface area (Å²) in [6, 6.07) is 7.28. The number of nitrogens with zero attached hydrogens (tertiary/aromatic N) is 4. The number of aliphatic carboxylic acids is 1. The largest absolute Gasteiger partial charge is 0.480 e. The van der Waals surface area contributed by atoms with Crippen molar-refractivity contribution in [3.05, 3.63) is 47.5 Å². The van der Waals surface area contributed by atoms with Crippen molar-refractivity contribution in [2.24, 2.45) is 0 Å². The highest BCUT2D eigenvalue weighted by Gasteiger charge is 2.27. The average Bonchev–Trinajstić information content (AvgIpc) is 3.02. The Morgan fingerprint density at radius 1 is 1.33 bits per heavy atom. The Balaban J connectivity index is 1.71. The molecule has 3 heterocycles. The Hall–Kier alpha value is -2.70.